The fourth-order valence-corrected chi connectivity index (χ4v) is 3.75. The van der Waals surface area contributed by atoms with Crippen molar-refractivity contribution in [3.05, 3.63) is 62.3 Å². The molecule has 9 heteroatoms. The van der Waals surface area contributed by atoms with E-state index in [2.05, 4.69) is 20.4 Å². The van der Waals surface area contributed by atoms with Crippen molar-refractivity contribution in [3.8, 4) is 5.88 Å². The lowest BCUT2D eigenvalue weighted by atomic mass is 10.2. The van der Waals surface area contributed by atoms with E-state index < -0.39 is 0 Å². The molecule has 1 aliphatic carbocycles. The van der Waals surface area contributed by atoms with E-state index in [1.165, 1.54) is 16.9 Å². The zero-order chi connectivity index (χ0) is 19.7. The van der Waals surface area contributed by atoms with Gasteiger partial charge in [-0.05, 0) is 25.5 Å². The van der Waals surface area contributed by atoms with Gasteiger partial charge in [-0.25, -0.2) is 14.1 Å². The number of pyridine rings is 1. The predicted molar refractivity (Wildman–Crippen MR) is 104 cm³/mol. The van der Waals surface area contributed by atoms with Crippen molar-refractivity contribution in [1.29, 1.82) is 0 Å². The molecule has 3 aromatic rings. The molecule has 0 aromatic carbocycles. The second-order valence-electron chi connectivity index (χ2n) is 6.86. The minimum atomic E-state index is -0.334. The molecule has 1 N–H and O–H groups in total. The summed E-state index contributed by atoms with van der Waals surface area (Å²) in [6.07, 6.45) is 3.99. The lowest BCUT2D eigenvalue weighted by Gasteiger charge is -2.10. The van der Waals surface area contributed by atoms with Crippen molar-refractivity contribution in [3.63, 3.8) is 0 Å². The molecule has 0 amide bonds. The van der Waals surface area contributed by atoms with Gasteiger partial charge in [-0.3, -0.25) is 9.78 Å². The molecule has 1 fully saturated rings. The van der Waals surface area contributed by atoms with E-state index in [4.69, 9.17) is 4.74 Å². The fourth-order valence-electron chi connectivity index (χ4n) is 3.03. The summed E-state index contributed by atoms with van der Waals surface area (Å²) in [4.78, 5) is 21.8. The highest BCUT2D eigenvalue weighted by molar-refractivity contribution is 7.11. The molecule has 2 atom stereocenters. The molecule has 3 aromatic heterocycles. The smallest absolute Gasteiger partial charge is 0.290 e. The number of nitrogens with one attached hydrogen (secondary N) is 1. The van der Waals surface area contributed by atoms with Gasteiger partial charge in [-0.1, -0.05) is 0 Å². The topological polar surface area (TPSA) is 81.9 Å². The Labute approximate surface area is 165 Å². The summed E-state index contributed by atoms with van der Waals surface area (Å²) in [5.41, 5.74) is 1.08. The van der Waals surface area contributed by atoms with Crippen LogP contribution in [-0.2, 0) is 13.6 Å². The van der Waals surface area contributed by atoms with Crippen LogP contribution in [0.5, 0.6) is 5.88 Å². The minimum absolute atomic E-state index is 0.222. The van der Waals surface area contributed by atoms with Crippen LogP contribution in [-0.4, -0.2) is 26.4 Å². The standard InChI is InChI=1S/C19H20FN5O2S/c1-11-7-23-18(28-11)9-22-16-6-17(24-25(2)19(16)26)27-10-12-5-14(12)15-4-3-13(20)8-21-15/h3-4,6-8,12,14,22H,5,9-10H2,1-2H3. The van der Waals surface area contributed by atoms with Crippen LogP contribution in [0.3, 0.4) is 0 Å². The van der Waals surface area contributed by atoms with Gasteiger partial charge in [0.05, 0.1) is 19.3 Å². The number of rotatable bonds is 7. The summed E-state index contributed by atoms with van der Waals surface area (Å²) in [5, 5.41) is 8.19. The SMILES string of the molecule is Cc1cnc(CNc2cc(OCC3CC3c3ccc(F)cn3)nn(C)c2=O)s1. The van der Waals surface area contributed by atoms with Gasteiger partial charge >= 0.3 is 0 Å². The van der Waals surface area contributed by atoms with Crippen molar-refractivity contribution in [1.82, 2.24) is 19.7 Å². The van der Waals surface area contributed by atoms with Crippen molar-refractivity contribution >= 4 is 17.0 Å². The van der Waals surface area contributed by atoms with Crippen molar-refractivity contribution in [2.75, 3.05) is 11.9 Å². The number of hydrogen-bond donors (Lipinski definition) is 1. The summed E-state index contributed by atoms with van der Waals surface area (Å²) in [7, 11) is 1.59. The van der Waals surface area contributed by atoms with Gasteiger partial charge in [0.25, 0.3) is 5.56 Å². The minimum Gasteiger partial charge on any atom is -0.476 e. The average Bonchev–Trinajstić information content (AvgIpc) is 3.34. The fraction of sp³-hybridized carbons (Fsp3) is 0.368. The maximum atomic E-state index is 13.0. The summed E-state index contributed by atoms with van der Waals surface area (Å²) in [6.45, 7) is 2.93. The van der Waals surface area contributed by atoms with Gasteiger partial charge in [-0.2, -0.15) is 0 Å². The maximum Gasteiger partial charge on any atom is 0.290 e. The highest BCUT2D eigenvalue weighted by Crippen LogP contribution is 2.46. The third kappa shape index (κ3) is 4.19. The molecule has 4 rings (SSSR count). The summed E-state index contributed by atoms with van der Waals surface area (Å²) in [5.74, 6) is 0.641. The van der Waals surface area contributed by atoms with E-state index in [1.807, 2.05) is 13.1 Å². The summed E-state index contributed by atoms with van der Waals surface area (Å²) >= 11 is 1.58. The molecule has 3 heterocycles. The van der Waals surface area contributed by atoms with Gasteiger partial charge in [0.2, 0.25) is 5.88 Å². The van der Waals surface area contributed by atoms with Gasteiger partial charge in [0.15, 0.2) is 0 Å². The molecule has 7 nitrogen and oxygen atoms in total. The largest absolute Gasteiger partial charge is 0.476 e. The number of anilines is 1. The van der Waals surface area contributed by atoms with E-state index in [-0.39, 0.29) is 17.3 Å². The first-order valence-electron chi connectivity index (χ1n) is 8.97. The molecule has 1 aliphatic rings. The van der Waals surface area contributed by atoms with Gasteiger partial charge in [-0.15, -0.1) is 16.4 Å². The Morgan fingerprint density at radius 1 is 1.36 bits per heavy atom. The number of aromatic nitrogens is 4. The Hall–Kier alpha value is -2.81. The summed E-state index contributed by atoms with van der Waals surface area (Å²) < 4.78 is 20.1. The molecule has 0 bridgehead atoms. The Morgan fingerprint density at radius 3 is 2.93 bits per heavy atom. The number of ether oxygens (including phenoxy) is 1. The van der Waals surface area contributed by atoms with Crippen molar-refractivity contribution in [2.24, 2.45) is 13.0 Å². The Kier molecular flexibility index (Phi) is 5.08. The molecule has 1 saturated carbocycles. The Balaban J connectivity index is 1.37. The molecular formula is C19H20FN5O2S. The number of nitrogens with zero attached hydrogens (tertiary/aromatic N) is 4. The van der Waals surface area contributed by atoms with E-state index in [0.29, 0.717) is 30.6 Å². The molecule has 146 valence electrons. The molecular weight excluding hydrogens is 381 g/mol. The second kappa shape index (κ2) is 7.67. The number of hydrogen-bond acceptors (Lipinski definition) is 7. The average molecular weight is 401 g/mol. The number of halogens is 1. The molecule has 0 aliphatic heterocycles. The highest BCUT2D eigenvalue weighted by Gasteiger charge is 2.40. The molecule has 0 radical (unpaired) electrons. The number of thiazole rings is 1. The molecule has 28 heavy (non-hydrogen) atoms. The first kappa shape index (κ1) is 18.5. The van der Waals surface area contributed by atoms with E-state index in [1.54, 1.807) is 30.5 Å². The van der Waals surface area contributed by atoms with Crippen LogP contribution < -0.4 is 15.6 Å². The second-order valence-corrected chi connectivity index (χ2v) is 8.18. The van der Waals surface area contributed by atoms with Crippen molar-refractivity contribution < 1.29 is 9.13 Å². The van der Waals surface area contributed by atoms with Crippen LogP contribution in [0.15, 0.2) is 35.4 Å². The first-order valence-corrected chi connectivity index (χ1v) is 9.79. The maximum absolute atomic E-state index is 13.0. The van der Waals surface area contributed by atoms with Crippen LogP contribution in [0.2, 0.25) is 0 Å². The monoisotopic (exact) mass is 401 g/mol. The van der Waals surface area contributed by atoms with Gasteiger partial charge in [0.1, 0.15) is 16.5 Å². The van der Waals surface area contributed by atoms with E-state index in [0.717, 1.165) is 22.0 Å². The third-order valence-electron chi connectivity index (χ3n) is 4.64. The zero-order valence-corrected chi connectivity index (χ0v) is 16.4. The van der Waals surface area contributed by atoms with Crippen LogP contribution >= 0.6 is 11.3 Å². The van der Waals surface area contributed by atoms with Crippen LogP contribution in [0, 0.1) is 18.7 Å². The van der Waals surface area contributed by atoms with Crippen LogP contribution in [0.1, 0.15) is 27.9 Å². The molecule has 0 saturated heterocycles. The van der Waals surface area contributed by atoms with Crippen LogP contribution in [0.25, 0.3) is 0 Å². The highest BCUT2D eigenvalue weighted by atomic mass is 32.1. The number of aryl methyl sites for hydroxylation is 2. The van der Waals surface area contributed by atoms with E-state index >= 15 is 0 Å². The predicted octanol–water partition coefficient (Wildman–Crippen LogP) is 2.87. The lowest BCUT2D eigenvalue weighted by molar-refractivity contribution is 0.278. The summed E-state index contributed by atoms with van der Waals surface area (Å²) in [6, 6.07) is 4.76. The molecule has 2 unspecified atom stereocenters. The quantitative estimate of drug-likeness (QED) is 0.656. The Morgan fingerprint density at radius 2 is 2.21 bits per heavy atom. The lowest BCUT2D eigenvalue weighted by Crippen LogP contribution is -2.24. The zero-order valence-electron chi connectivity index (χ0n) is 15.6. The van der Waals surface area contributed by atoms with Crippen molar-refractivity contribution in [2.45, 2.75) is 25.8 Å². The van der Waals surface area contributed by atoms with Gasteiger partial charge < -0.3 is 10.1 Å². The van der Waals surface area contributed by atoms with Gasteiger partial charge in [0, 0.05) is 41.7 Å². The molecule has 0 spiro atoms. The third-order valence-corrected chi connectivity index (χ3v) is 5.55. The first-order chi connectivity index (χ1) is 13.5. The van der Waals surface area contributed by atoms with Crippen LogP contribution in [0.4, 0.5) is 10.1 Å². The Bertz CT molecular complexity index is 1030. The normalized spacial score (nSPS) is 18.1. The van der Waals surface area contributed by atoms with E-state index in [9.17, 15) is 9.18 Å².